The second-order valence-electron chi connectivity index (χ2n) is 6.84. The van der Waals surface area contributed by atoms with Crippen molar-refractivity contribution in [2.75, 3.05) is 22.4 Å². The van der Waals surface area contributed by atoms with Crippen molar-refractivity contribution in [2.24, 2.45) is 0 Å². The summed E-state index contributed by atoms with van der Waals surface area (Å²) in [6.45, 7) is -1.40. The summed E-state index contributed by atoms with van der Waals surface area (Å²) in [4.78, 5) is 9.19. The van der Waals surface area contributed by atoms with E-state index in [2.05, 4.69) is 5.10 Å². The van der Waals surface area contributed by atoms with E-state index in [-0.39, 0.29) is 21.1 Å². The molecule has 0 radical (unpaired) electrons. The van der Waals surface area contributed by atoms with E-state index in [9.17, 15) is 51.1 Å². The number of anilines is 2. The maximum Gasteiger partial charge on any atom is 0.407 e. The van der Waals surface area contributed by atoms with Gasteiger partial charge in [-0.3, -0.25) is 9.10 Å². The molecule has 0 bridgehead atoms. The van der Waals surface area contributed by atoms with Crippen molar-refractivity contribution in [3.63, 3.8) is 0 Å². The van der Waals surface area contributed by atoms with E-state index in [0.29, 0.717) is 6.26 Å². The number of nitriles is 1. The predicted molar refractivity (Wildman–Crippen MR) is 112 cm³/mol. The largest absolute Gasteiger partial charge is 0.407 e. The molecule has 0 aliphatic heterocycles. The number of hydrogen-bond acceptors (Lipinski definition) is 5. The van der Waals surface area contributed by atoms with Crippen molar-refractivity contribution < 1.29 is 45.8 Å². The van der Waals surface area contributed by atoms with Gasteiger partial charge in [-0.15, -0.1) is 0 Å². The Morgan fingerprint density at radius 3 is 2.03 bits per heavy atom. The fraction of sp³-hybridized carbons (Fsp3) is 0.267. The molecule has 8 nitrogen and oxygen atoms in total. The van der Waals surface area contributed by atoms with Crippen LogP contribution in [0.25, 0.3) is 5.69 Å². The number of rotatable bonds is 6. The summed E-state index contributed by atoms with van der Waals surface area (Å²) >= 11 is 11.4. The van der Waals surface area contributed by atoms with E-state index >= 15 is 0 Å². The Kier molecular flexibility index (Phi) is 6.58. The van der Waals surface area contributed by atoms with Crippen molar-refractivity contribution in [2.45, 2.75) is 18.0 Å². The van der Waals surface area contributed by atoms with Gasteiger partial charge in [0.15, 0.2) is 11.5 Å². The van der Waals surface area contributed by atoms with Crippen LogP contribution >= 0.6 is 33.4 Å². The smallest absolute Gasteiger partial charge is 0.309 e. The Morgan fingerprint density at radius 2 is 1.69 bits per heavy atom. The van der Waals surface area contributed by atoms with Gasteiger partial charge in [0.2, 0.25) is 15.9 Å². The second-order valence-corrected chi connectivity index (χ2v) is 12.0. The highest BCUT2D eigenvalue weighted by atomic mass is 35.5. The average Bonchev–Trinajstić information content (AvgIpc) is 2.92. The summed E-state index contributed by atoms with van der Waals surface area (Å²) in [5.74, 6) is -2.04. The fourth-order valence-electron chi connectivity index (χ4n) is 2.65. The first kappa shape index (κ1) is 28.7. The molecule has 1 amide bonds. The van der Waals surface area contributed by atoms with Gasteiger partial charge in [-0.1, -0.05) is 42.6 Å². The molecule has 2 rings (SSSR count). The van der Waals surface area contributed by atoms with Gasteiger partial charge >= 0.3 is 16.4 Å². The van der Waals surface area contributed by atoms with Gasteiger partial charge in [0, 0.05) is 6.92 Å². The van der Waals surface area contributed by atoms with Crippen molar-refractivity contribution in [1.29, 1.82) is 5.26 Å². The zero-order valence-corrected chi connectivity index (χ0v) is 20.1. The molecular weight excluding hydrogens is 585 g/mol. The molecule has 1 heterocycles. The van der Waals surface area contributed by atoms with Crippen LogP contribution in [0.3, 0.4) is 0 Å². The van der Waals surface area contributed by atoms with Crippen LogP contribution in [-0.4, -0.2) is 43.1 Å². The van der Waals surface area contributed by atoms with Gasteiger partial charge in [-0.05, 0) is 12.1 Å². The minimum absolute atomic E-state index is 0.251. The van der Waals surface area contributed by atoms with Gasteiger partial charge < -0.3 is 5.32 Å². The Labute approximate surface area is 201 Å². The van der Waals surface area contributed by atoms with Crippen LogP contribution in [0.5, 0.6) is 0 Å². The monoisotopic (exact) mass is 595 g/mol. The molecule has 0 aliphatic carbocycles. The Morgan fingerprint density at radius 1 is 1.20 bits per heavy atom. The molecule has 20 heteroatoms. The number of nitrogens with one attached hydrogen (secondary N) is 1. The number of benzene rings is 1. The topological polar surface area (TPSA) is 108 Å². The molecule has 0 atom stereocenters. The zero-order valence-electron chi connectivity index (χ0n) is 17.0. The fourth-order valence-corrected chi connectivity index (χ4v) is 5.00. The maximum absolute atomic E-state index is 13.2. The number of amides is 1. The lowest BCUT2D eigenvalue weighted by atomic mass is 10.3. The van der Waals surface area contributed by atoms with Crippen LogP contribution in [0.4, 0.5) is 44.1 Å². The normalized spacial score (nSPS) is 14.6. The predicted octanol–water partition coefficient (Wildman–Crippen LogP) is 5.99. The number of hydrogen-bond donors (Lipinski definition) is 1. The van der Waals surface area contributed by atoms with Gasteiger partial charge in [0.1, 0.15) is 28.9 Å². The molecule has 2 aromatic rings. The SMILES string of the molecule is CC(=O)Nc1c(N(CC(F)(F)F)S(C)(=O)=O)c(C#N)nn1-c1c(Cl)cc(S(F)(F)(F)(F)F)cc1Cl. The Bertz CT molecular complexity index is 1350. The van der Waals surface area contributed by atoms with Crippen LogP contribution in [0, 0.1) is 11.3 Å². The van der Waals surface area contributed by atoms with Gasteiger partial charge in [-0.25, -0.2) is 13.1 Å². The third-order valence-corrected chi connectivity index (χ3v) is 6.70. The summed E-state index contributed by atoms with van der Waals surface area (Å²) in [5, 5.41) is 12.4. The van der Waals surface area contributed by atoms with E-state index in [1.54, 1.807) is 0 Å². The van der Waals surface area contributed by atoms with E-state index < -0.39 is 76.7 Å². The van der Waals surface area contributed by atoms with E-state index in [1.165, 1.54) is 6.07 Å². The first-order valence-corrected chi connectivity index (χ1v) is 13.0. The van der Waals surface area contributed by atoms with Crippen LogP contribution < -0.4 is 9.62 Å². The van der Waals surface area contributed by atoms with Crippen LogP contribution in [0.2, 0.25) is 10.0 Å². The molecule has 0 saturated heterocycles. The highest BCUT2D eigenvalue weighted by Crippen LogP contribution is 3.02. The van der Waals surface area contributed by atoms with Crippen LogP contribution in [0.1, 0.15) is 12.6 Å². The van der Waals surface area contributed by atoms with Gasteiger partial charge in [0.25, 0.3) is 0 Å². The van der Waals surface area contributed by atoms with E-state index in [4.69, 9.17) is 23.2 Å². The highest BCUT2D eigenvalue weighted by Gasteiger charge is 2.65. The number of aromatic nitrogens is 2. The van der Waals surface area contributed by atoms with Crippen molar-refractivity contribution in [1.82, 2.24) is 9.78 Å². The molecule has 1 aromatic heterocycles. The first-order chi connectivity index (χ1) is 15.4. The lowest BCUT2D eigenvalue weighted by Gasteiger charge is -2.40. The number of carbonyl (C=O) groups excluding carboxylic acids is 1. The summed E-state index contributed by atoms with van der Waals surface area (Å²) in [6.07, 6.45) is -4.85. The lowest BCUT2D eigenvalue weighted by molar-refractivity contribution is -0.117. The number of alkyl halides is 3. The summed E-state index contributed by atoms with van der Waals surface area (Å²) < 4.78 is 129. The molecule has 196 valence electrons. The summed E-state index contributed by atoms with van der Waals surface area (Å²) in [6, 6.07) is 0.786. The third-order valence-electron chi connectivity index (χ3n) is 3.88. The molecule has 35 heavy (non-hydrogen) atoms. The molecule has 1 aromatic carbocycles. The molecule has 1 N–H and O–H groups in total. The van der Waals surface area contributed by atoms with Crippen molar-refractivity contribution in [3.05, 3.63) is 27.9 Å². The van der Waals surface area contributed by atoms with E-state index in [0.717, 1.165) is 6.92 Å². The quantitative estimate of drug-likeness (QED) is 0.412. The number of nitrogens with zero attached hydrogens (tertiary/aromatic N) is 4. The number of sulfonamides is 1. The second kappa shape index (κ2) is 8.01. The molecule has 0 saturated carbocycles. The van der Waals surface area contributed by atoms with Crippen molar-refractivity contribution in [3.8, 4) is 11.8 Å². The standard InChI is InChI=1S/C15H11Cl2F8N5O3S2/c1-7(31)27-14-13(29(34(2,32)33)6-15(18,19)20)11(5-26)28-30(14)12-9(16)3-8(4-10(12)17)35(21,22,23,24)25/h3-4H,6H2,1-2H3,(H,27,31). The van der Waals surface area contributed by atoms with E-state index in [1.807, 2.05) is 5.32 Å². The van der Waals surface area contributed by atoms with Gasteiger partial charge in [-0.2, -0.15) is 23.5 Å². The molecule has 0 unspecified atom stereocenters. The maximum atomic E-state index is 13.2. The minimum Gasteiger partial charge on any atom is -0.309 e. The Balaban J connectivity index is 3.00. The highest BCUT2D eigenvalue weighted by molar-refractivity contribution is 8.45. The van der Waals surface area contributed by atoms with Crippen molar-refractivity contribution >= 4 is 60.9 Å². The van der Waals surface area contributed by atoms with Crippen LogP contribution in [-0.2, 0) is 14.8 Å². The summed E-state index contributed by atoms with van der Waals surface area (Å²) in [7, 11) is -15.1. The Hall–Kier alpha value is -2.49. The molecule has 0 aliphatic rings. The van der Waals surface area contributed by atoms with Gasteiger partial charge in [0.05, 0.1) is 16.3 Å². The first-order valence-electron chi connectivity index (χ1n) is 8.44. The number of carbonyl (C=O) groups is 1. The molecular formula is C15H11Cl2F8N5O3S2. The number of halogens is 10. The summed E-state index contributed by atoms with van der Waals surface area (Å²) in [5.41, 5.74) is -3.08. The molecule has 0 fully saturated rings. The third kappa shape index (κ3) is 6.59. The lowest BCUT2D eigenvalue weighted by Crippen LogP contribution is -2.39. The molecule has 0 spiro atoms. The minimum atomic E-state index is -10.3. The zero-order chi connectivity index (χ0) is 27.4. The average molecular weight is 596 g/mol. The van der Waals surface area contributed by atoms with Crippen LogP contribution in [0.15, 0.2) is 17.0 Å².